The van der Waals surface area contributed by atoms with E-state index < -0.39 is 0 Å². The second-order valence-electron chi connectivity index (χ2n) is 6.31. The third-order valence-electron chi connectivity index (χ3n) is 4.19. The van der Waals surface area contributed by atoms with Gasteiger partial charge < -0.3 is 4.57 Å². The van der Waals surface area contributed by atoms with E-state index in [1.165, 1.54) is 37.4 Å². The molecule has 2 aromatic rings. The van der Waals surface area contributed by atoms with Gasteiger partial charge in [0.25, 0.3) is 0 Å². The Hall–Kier alpha value is -1.26. The summed E-state index contributed by atoms with van der Waals surface area (Å²) in [5.41, 5.74) is 1.12. The first-order chi connectivity index (χ1) is 12.2. The van der Waals surface area contributed by atoms with Crippen LogP contribution in [0.2, 0.25) is 5.02 Å². The quantitative estimate of drug-likeness (QED) is 0.431. The molecule has 0 N–H and O–H groups in total. The number of rotatable bonds is 11. The maximum atomic E-state index is 12.4. The molecule has 0 aliphatic carbocycles. The largest absolute Gasteiger partial charge is 0.336 e. The van der Waals surface area contributed by atoms with Crippen LogP contribution in [-0.4, -0.2) is 14.7 Å². The fourth-order valence-electron chi connectivity index (χ4n) is 2.74. The highest BCUT2D eigenvalue weighted by Crippen LogP contribution is 2.33. The molecular formula is C20H27ClN2OS. The number of benzene rings is 1. The number of carbonyl (C=O) groups excluding carboxylic acids is 1. The average molecular weight is 379 g/mol. The summed E-state index contributed by atoms with van der Waals surface area (Å²) in [7, 11) is 0. The maximum Gasteiger partial charge on any atom is 0.189 e. The SMILES string of the molecule is CCCCCCCCC(=O)SC(Cn1ccnc1)c1ccc(Cl)cc1. The first-order valence-electron chi connectivity index (χ1n) is 9.09. The summed E-state index contributed by atoms with van der Waals surface area (Å²) in [6.07, 6.45) is 13.4. The number of halogens is 1. The van der Waals surface area contributed by atoms with Gasteiger partial charge in [-0.05, 0) is 24.1 Å². The number of hydrogen-bond acceptors (Lipinski definition) is 3. The Kier molecular flexibility index (Phi) is 9.12. The molecule has 1 atom stereocenters. The fourth-order valence-corrected chi connectivity index (χ4v) is 3.99. The minimum absolute atomic E-state index is 0.0825. The zero-order valence-electron chi connectivity index (χ0n) is 14.9. The van der Waals surface area contributed by atoms with Crippen molar-refractivity contribution in [1.29, 1.82) is 0 Å². The molecular weight excluding hydrogens is 352 g/mol. The molecule has 0 saturated heterocycles. The molecule has 3 nitrogen and oxygen atoms in total. The van der Waals surface area contributed by atoms with Crippen LogP contribution in [0.25, 0.3) is 0 Å². The van der Waals surface area contributed by atoms with Crippen LogP contribution in [0.3, 0.4) is 0 Å². The van der Waals surface area contributed by atoms with E-state index in [-0.39, 0.29) is 10.4 Å². The minimum atomic E-state index is 0.0825. The fraction of sp³-hybridized carbons (Fsp3) is 0.500. The molecule has 1 aromatic heterocycles. The van der Waals surface area contributed by atoms with Gasteiger partial charge in [0.15, 0.2) is 5.12 Å². The van der Waals surface area contributed by atoms with E-state index in [4.69, 9.17) is 11.6 Å². The summed E-state index contributed by atoms with van der Waals surface area (Å²) in [6.45, 7) is 2.95. The highest BCUT2D eigenvalue weighted by atomic mass is 35.5. The van der Waals surface area contributed by atoms with Crippen LogP contribution in [0.1, 0.15) is 62.7 Å². The van der Waals surface area contributed by atoms with E-state index in [0.717, 1.165) is 24.9 Å². The third-order valence-corrected chi connectivity index (χ3v) is 5.61. The number of aromatic nitrogens is 2. The Morgan fingerprint density at radius 3 is 2.56 bits per heavy atom. The molecule has 25 heavy (non-hydrogen) atoms. The number of nitrogens with zero attached hydrogens (tertiary/aromatic N) is 2. The minimum Gasteiger partial charge on any atom is -0.336 e. The summed E-state index contributed by atoms with van der Waals surface area (Å²) < 4.78 is 2.02. The summed E-state index contributed by atoms with van der Waals surface area (Å²) in [5.74, 6) is 0. The standard InChI is InChI=1S/C20H27ClN2OS/c1-2-3-4-5-6-7-8-20(24)25-19(15-23-14-13-22-16-23)17-9-11-18(21)12-10-17/h9-14,16,19H,2-8,15H2,1H3. The smallest absolute Gasteiger partial charge is 0.189 e. The second-order valence-corrected chi connectivity index (χ2v) is 8.00. The van der Waals surface area contributed by atoms with Crippen molar-refractivity contribution >= 4 is 28.5 Å². The van der Waals surface area contributed by atoms with Gasteiger partial charge in [-0.2, -0.15) is 0 Å². The van der Waals surface area contributed by atoms with Crippen LogP contribution in [-0.2, 0) is 11.3 Å². The topological polar surface area (TPSA) is 34.9 Å². The van der Waals surface area contributed by atoms with Crippen LogP contribution in [0.15, 0.2) is 43.0 Å². The second kappa shape index (κ2) is 11.4. The van der Waals surface area contributed by atoms with Gasteiger partial charge in [0, 0.05) is 30.4 Å². The Labute approximate surface area is 160 Å². The van der Waals surface area contributed by atoms with Gasteiger partial charge in [0.2, 0.25) is 0 Å². The molecule has 0 radical (unpaired) electrons. The summed E-state index contributed by atoms with van der Waals surface area (Å²) in [4.78, 5) is 16.5. The lowest BCUT2D eigenvalue weighted by Crippen LogP contribution is -2.08. The van der Waals surface area contributed by atoms with Crippen molar-refractivity contribution in [1.82, 2.24) is 9.55 Å². The molecule has 0 bridgehead atoms. The van der Waals surface area contributed by atoms with E-state index in [9.17, 15) is 4.79 Å². The molecule has 5 heteroatoms. The van der Waals surface area contributed by atoms with Gasteiger partial charge in [-0.1, -0.05) is 74.5 Å². The molecule has 1 aromatic carbocycles. The Bertz CT molecular complexity index is 613. The van der Waals surface area contributed by atoms with Crippen molar-refractivity contribution in [2.45, 2.75) is 63.7 Å². The van der Waals surface area contributed by atoms with Crippen molar-refractivity contribution in [2.75, 3.05) is 0 Å². The molecule has 136 valence electrons. The zero-order chi connectivity index (χ0) is 17.9. The van der Waals surface area contributed by atoms with Crippen LogP contribution < -0.4 is 0 Å². The predicted octanol–water partition coefficient (Wildman–Crippen LogP) is 6.29. The predicted molar refractivity (Wildman–Crippen MR) is 107 cm³/mol. The Balaban J connectivity index is 1.87. The number of thioether (sulfide) groups is 1. The van der Waals surface area contributed by atoms with E-state index in [0.29, 0.717) is 11.4 Å². The number of imidazole rings is 1. The molecule has 0 spiro atoms. The Morgan fingerprint density at radius 1 is 1.16 bits per heavy atom. The summed E-state index contributed by atoms with van der Waals surface area (Å²) >= 11 is 7.44. The van der Waals surface area contributed by atoms with Gasteiger partial charge in [-0.25, -0.2) is 4.98 Å². The van der Waals surface area contributed by atoms with Gasteiger partial charge in [-0.15, -0.1) is 0 Å². The van der Waals surface area contributed by atoms with Crippen molar-refractivity contribution in [3.05, 3.63) is 53.6 Å². The Morgan fingerprint density at radius 2 is 1.88 bits per heavy atom. The number of unbranched alkanes of at least 4 members (excludes halogenated alkanes) is 5. The first-order valence-corrected chi connectivity index (χ1v) is 10.4. The number of hydrogen-bond donors (Lipinski definition) is 0. The third kappa shape index (κ3) is 7.66. The molecule has 0 aliphatic heterocycles. The lowest BCUT2D eigenvalue weighted by Gasteiger charge is -2.17. The van der Waals surface area contributed by atoms with Crippen molar-refractivity contribution < 1.29 is 4.79 Å². The van der Waals surface area contributed by atoms with Crippen LogP contribution in [0, 0.1) is 0 Å². The van der Waals surface area contributed by atoms with Gasteiger partial charge in [0.1, 0.15) is 0 Å². The highest BCUT2D eigenvalue weighted by molar-refractivity contribution is 8.13. The van der Waals surface area contributed by atoms with Crippen LogP contribution >= 0.6 is 23.4 Å². The lowest BCUT2D eigenvalue weighted by molar-refractivity contribution is -0.111. The van der Waals surface area contributed by atoms with Crippen LogP contribution in [0.5, 0.6) is 0 Å². The van der Waals surface area contributed by atoms with Gasteiger partial charge in [0.05, 0.1) is 11.6 Å². The first kappa shape index (κ1) is 20.1. The van der Waals surface area contributed by atoms with E-state index in [1.54, 1.807) is 12.5 Å². The molecule has 0 amide bonds. The van der Waals surface area contributed by atoms with Gasteiger partial charge >= 0.3 is 0 Å². The van der Waals surface area contributed by atoms with Crippen molar-refractivity contribution in [3.63, 3.8) is 0 Å². The molecule has 2 rings (SSSR count). The lowest BCUT2D eigenvalue weighted by atomic mass is 10.1. The summed E-state index contributed by atoms with van der Waals surface area (Å²) in [5, 5.41) is 1.07. The van der Waals surface area contributed by atoms with Crippen LogP contribution in [0.4, 0.5) is 0 Å². The molecule has 1 unspecified atom stereocenters. The van der Waals surface area contributed by atoms with E-state index in [2.05, 4.69) is 11.9 Å². The van der Waals surface area contributed by atoms with E-state index in [1.807, 2.05) is 35.0 Å². The monoisotopic (exact) mass is 378 g/mol. The highest BCUT2D eigenvalue weighted by Gasteiger charge is 2.17. The average Bonchev–Trinajstić information content (AvgIpc) is 3.11. The molecule has 0 saturated carbocycles. The summed E-state index contributed by atoms with van der Waals surface area (Å²) in [6, 6.07) is 7.79. The normalized spacial score (nSPS) is 12.2. The number of carbonyl (C=O) groups is 1. The van der Waals surface area contributed by atoms with Crippen molar-refractivity contribution in [3.8, 4) is 0 Å². The molecule has 1 heterocycles. The molecule has 0 aliphatic rings. The molecule has 0 fully saturated rings. The van der Waals surface area contributed by atoms with E-state index >= 15 is 0 Å². The maximum absolute atomic E-state index is 12.4. The van der Waals surface area contributed by atoms with Gasteiger partial charge in [-0.3, -0.25) is 4.79 Å². The zero-order valence-corrected chi connectivity index (χ0v) is 16.4. The van der Waals surface area contributed by atoms with Crippen molar-refractivity contribution in [2.24, 2.45) is 0 Å².